The molecule has 8 nitrogen and oxygen atoms in total. The van der Waals surface area contributed by atoms with Crippen molar-refractivity contribution < 1.29 is 22.7 Å². The molecule has 39 heavy (non-hydrogen) atoms. The van der Waals surface area contributed by atoms with E-state index in [0.29, 0.717) is 34.3 Å². The Hall–Kier alpha value is -3.76. The summed E-state index contributed by atoms with van der Waals surface area (Å²) in [7, 11) is -3.84. The fourth-order valence-electron chi connectivity index (χ4n) is 4.44. The van der Waals surface area contributed by atoms with E-state index in [2.05, 4.69) is 35.8 Å². The zero-order valence-corrected chi connectivity index (χ0v) is 23.4. The summed E-state index contributed by atoms with van der Waals surface area (Å²) in [6, 6.07) is 20.7. The number of amides is 1. The van der Waals surface area contributed by atoms with Gasteiger partial charge in [0.15, 0.2) is 0 Å². The van der Waals surface area contributed by atoms with E-state index in [0.717, 1.165) is 11.1 Å². The van der Waals surface area contributed by atoms with Crippen LogP contribution in [0.2, 0.25) is 0 Å². The van der Waals surface area contributed by atoms with E-state index >= 15 is 0 Å². The summed E-state index contributed by atoms with van der Waals surface area (Å²) in [5.41, 5.74) is 3.34. The number of carbonyl (C=O) groups is 2. The Bertz CT molecular complexity index is 1640. The summed E-state index contributed by atoms with van der Waals surface area (Å²) in [4.78, 5) is 27.9. The van der Waals surface area contributed by atoms with Crippen LogP contribution in [0, 0.1) is 0 Å². The lowest BCUT2D eigenvalue weighted by Crippen LogP contribution is -2.39. The van der Waals surface area contributed by atoms with Crippen molar-refractivity contribution in [3.05, 3.63) is 78.4 Å². The predicted octanol–water partition coefficient (Wildman–Crippen LogP) is 6.05. The lowest BCUT2D eigenvalue weighted by molar-refractivity contribution is -0.112. The maximum atomic E-state index is 13.2. The average molecular weight is 564 g/mol. The van der Waals surface area contributed by atoms with Crippen LogP contribution in [0.25, 0.3) is 22.0 Å². The molecule has 10 heteroatoms. The van der Waals surface area contributed by atoms with Gasteiger partial charge in [-0.3, -0.25) is 9.52 Å². The summed E-state index contributed by atoms with van der Waals surface area (Å²) < 4.78 is 34.6. The van der Waals surface area contributed by atoms with Crippen molar-refractivity contribution in [1.82, 2.24) is 10.3 Å². The summed E-state index contributed by atoms with van der Waals surface area (Å²) in [6.07, 6.45) is -0.182. The van der Waals surface area contributed by atoms with Gasteiger partial charge in [0.2, 0.25) is 11.0 Å². The monoisotopic (exact) mass is 563 g/mol. The molecular formula is C29H29N3O5S2. The Morgan fingerprint density at radius 3 is 2.38 bits per heavy atom. The van der Waals surface area contributed by atoms with Crippen LogP contribution in [0.4, 0.5) is 10.5 Å². The number of fused-ring (bicyclic) bond motifs is 1. The molecule has 0 saturated carbocycles. The van der Waals surface area contributed by atoms with Gasteiger partial charge in [-0.2, -0.15) is 0 Å². The highest BCUT2D eigenvalue weighted by Gasteiger charge is 2.28. The topological polar surface area (TPSA) is 117 Å². The van der Waals surface area contributed by atoms with Crippen LogP contribution in [0.15, 0.2) is 77.7 Å². The predicted molar refractivity (Wildman–Crippen MR) is 155 cm³/mol. The molecular weight excluding hydrogens is 534 g/mol. The number of hydrogen-bond acceptors (Lipinski definition) is 6. The number of thioether (sulfide) groups is 1. The second kappa shape index (κ2) is 10.4. The number of sulfonamides is 1. The SMILES string of the molecule is CC(C)(C)c1ccc(S(=O)(=O)Nc2ccc3[nH]c(OC(=O)NC4CCSC4=O)c(-c4ccccc4)c3c2)cc1. The molecule has 1 aliphatic rings. The molecule has 202 valence electrons. The average Bonchev–Trinajstić information content (AvgIpc) is 3.45. The summed E-state index contributed by atoms with van der Waals surface area (Å²) in [5.74, 6) is 0.856. The van der Waals surface area contributed by atoms with E-state index in [4.69, 9.17) is 4.74 Å². The fourth-order valence-corrected chi connectivity index (χ4v) is 6.42. The van der Waals surface area contributed by atoms with E-state index in [1.165, 1.54) is 11.8 Å². The zero-order chi connectivity index (χ0) is 27.8. The van der Waals surface area contributed by atoms with Crippen molar-refractivity contribution in [2.45, 2.75) is 43.5 Å². The van der Waals surface area contributed by atoms with Crippen LogP contribution < -0.4 is 14.8 Å². The molecule has 3 aromatic carbocycles. The van der Waals surface area contributed by atoms with Gasteiger partial charge in [-0.05, 0) is 53.3 Å². The Labute approximate surface area is 231 Å². The van der Waals surface area contributed by atoms with E-state index in [1.807, 2.05) is 42.5 Å². The highest BCUT2D eigenvalue weighted by Crippen LogP contribution is 2.39. The first-order chi connectivity index (χ1) is 18.5. The summed E-state index contributed by atoms with van der Waals surface area (Å²) in [6.45, 7) is 6.21. The third-order valence-corrected chi connectivity index (χ3v) is 8.94. The molecule has 1 aliphatic heterocycles. The second-order valence-corrected chi connectivity index (χ2v) is 13.2. The van der Waals surface area contributed by atoms with Crippen molar-refractivity contribution in [3.63, 3.8) is 0 Å². The zero-order valence-electron chi connectivity index (χ0n) is 21.8. The lowest BCUT2D eigenvalue weighted by Gasteiger charge is -2.19. The van der Waals surface area contributed by atoms with Gasteiger partial charge < -0.3 is 15.0 Å². The van der Waals surface area contributed by atoms with Gasteiger partial charge in [0, 0.05) is 22.3 Å². The van der Waals surface area contributed by atoms with Crippen molar-refractivity contribution >= 4 is 49.6 Å². The molecule has 2 heterocycles. The molecule has 4 aromatic rings. The number of carbonyl (C=O) groups excluding carboxylic acids is 2. The number of hydrogen-bond donors (Lipinski definition) is 3. The molecule has 0 radical (unpaired) electrons. The molecule has 0 bridgehead atoms. The number of rotatable bonds is 6. The Morgan fingerprint density at radius 1 is 1.03 bits per heavy atom. The molecule has 1 amide bonds. The first kappa shape index (κ1) is 26.8. The summed E-state index contributed by atoms with van der Waals surface area (Å²) >= 11 is 1.19. The molecule has 3 N–H and O–H groups in total. The standard InChI is InChI=1S/C29H29N3O5S2/c1-29(2,3)19-9-12-21(13-10-19)39(35,36)32-20-11-14-23-22(17-20)25(18-7-5-4-6-8-18)26(30-23)37-28(34)31-24-15-16-38-27(24)33/h4-14,17,24,30,32H,15-16H2,1-3H3,(H,31,34). The molecule has 1 saturated heterocycles. The third-order valence-electron chi connectivity index (χ3n) is 6.53. The van der Waals surface area contributed by atoms with Crippen LogP contribution in [-0.2, 0) is 20.2 Å². The highest BCUT2D eigenvalue weighted by molar-refractivity contribution is 8.14. The van der Waals surface area contributed by atoms with Gasteiger partial charge in [0.05, 0.1) is 10.5 Å². The molecule has 1 fully saturated rings. The minimum atomic E-state index is -3.84. The Kier molecular flexibility index (Phi) is 7.17. The molecule has 5 rings (SSSR count). The second-order valence-electron chi connectivity index (χ2n) is 10.4. The van der Waals surface area contributed by atoms with Gasteiger partial charge in [0.25, 0.3) is 10.0 Å². The third kappa shape index (κ3) is 5.81. The molecule has 1 unspecified atom stereocenters. The normalized spacial score (nSPS) is 15.9. The molecule has 0 spiro atoms. The van der Waals surface area contributed by atoms with Crippen molar-refractivity contribution in [2.75, 3.05) is 10.5 Å². The van der Waals surface area contributed by atoms with Crippen LogP contribution in [-0.4, -0.2) is 36.4 Å². The Balaban J connectivity index is 1.47. The van der Waals surface area contributed by atoms with E-state index in [1.54, 1.807) is 30.3 Å². The van der Waals surface area contributed by atoms with Gasteiger partial charge in [-0.25, -0.2) is 13.2 Å². The van der Waals surface area contributed by atoms with E-state index in [9.17, 15) is 18.0 Å². The van der Waals surface area contributed by atoms with Gasteiger partial charge in [-0.1, -0.05) is 75.0 Å². The van der Waals surface area contributed by atoms with Gasteiger partial charge in [-0.15, -0.1) is 0 Å². The maximum Gasteiger partial charge on any atom is 0.414 e. The first-order valence-electron chi connectivity index (χ1n) is 12.5. The van der Waals surface area contributed by atoms with Crippen molar-refractivity contribution in [3.8, 4) is 17.0 Å². The number of benzene rings is 3. The minimum Gasteiger partial charge on any atom is -0.393 e. The number of H-pyrrole nitrogens is 1. The number of aromatic amines is 1. The molecule has 0 aliphatic carbocycles. The van der Waals surface area contributed by atoms with Crippen LogP contribution in [0.1, 0.15) is 32.8 Å². The van der Waals surface area contributed by atoms with Gasteiger partial charge >= 0.3 is 6.09 Å². The number of ether oxygens (including phenoxy) is 1. The first-order valence-corrected chi connectivity index (χ1v) is 15.0. The van der Waals surface area contributed by atoms with Crippen LogP contribution in [0.3, 0.4) is 0 Å². The number of nitrogens with one attached hydrogen (secondary N) is 3. The maximum absolute atomic E-state index is 13.2. The minimum absolute atomic E-state index is 0.0862. The van der Waals surface area contributed by atoms with E-state index < -0.39 is 22.2 Å². The highest BCUT2D eigenvalue weighted by atomic mass is 32.2. The molecule has 1 aromatic heterocycles. The van der Waals surface area contributed by atoms with Crippen molar-refractivity contribution in [2.24, 2.45) is 0 Å². The molecule has 1 atom stereocenters. The summed E-state index contributed by atoms with van der Waals surface area (Å²) in [5, 5.41) is 3.21. The van der Waals surface area contributed by atoms with Crippen molar-refractivity contribution in [1.29, 1.82) is 0 Å². The van der Waals surface area contributed by atoms with E-state index in [-0.39, 0.29) is 21.3 Å². The fraction of sp³-hybridized carbons (Fsp3) is 0.241. The largest absolute Gasteiger partial charge is 0.414 e. The lowest BCUT2D eigenvalue weighted by atomic mass is 9.87. The number of aromatic nitrogens is 1. The number of anilines is 1. The van der Waals surface area contributed by atoms with Crippen LogP contribution in [0.5, 0.6) is 5.88 Å². The smallest absolute Gasteiger partial charge is 0.393 e. The Morgan fingerprint density at radius 2 is 1.74 bits per heavy atom. The quantitative estimate of drug-likeness (QED) is 0.263. The van der Waals surface area contributed by atoms with Crippen LogP contribution >= 0.6 is 11.8 Å². The van der Waals surface area contributed by atoms with Gasteiger partial charge in [0.1, 0.15) is 6.04 Å².